The highest BCUT2D eigenvalue weighted by Crippen LogP contribution is 2.28. The van der Waals surface area contributed by atoms with Gasteiger partial charge < -0.3 is 15.2 Å². The van der Waals surface area contributed by atoms with E-state index in [1.807, 2.05) is 19.9 Å². The van der Waals surface area contributed by atoms with Crippen LogP contribution in [0.5, 0.6) is 5.75 Å². The summed E-state index contributed by atoms with van der Waals surface area (Å²) in [7, 11) is 0. The topological polar surface area (TPSA) is 101 Å². The highest BCUT2D eigenvalue weighted by atomic mass is 32.2. The number of carboxylic acids is 1. The molecular formula is C18H19N3O4S. The van der Waals surface area contributed by atoms with Gasteiger partial charge in [0.15, 0.2) is 11.2 Å². The van der Waals surface area contributed by atoms with Gasteiger partial charge in [0.1, 0.15) is 5.75 Å². The summed E-state index contributed by atoms with van der Waals surface area (Å²) in [5.74, 6) is -0.681. The number of carbonyl (C=O) groups excluding carboxylic acids is 1. The van der Waals surface area contributed by atoms with E-state index in [0.717, 1.165) is 29.1 Å². The first kappa shape index (κ1) is 18.2. The van der Waals surface area contributed by atoms with Crippen LogP contribution in [0.4, 0.5) is 0 Å². The molecule has 0 fully saturated rings. The quantitative estimate of drug-likeness (QED) is 0.590. The van der Waals surface area contributed by atoms with E-state index in [-0.39, 0.29) is 11.7 Å². The molecule has 0 bridgehead atoms. The number of fused-ring (bicyclic) bond motifs is 1. The Labute approximate surface area is 155 Å². The number of ether oxygens (including phenoxy) is 1. The maximum absolute atomic E-state index is 12.2. The van der Waals surface area contributed by atoms with Gasteiger partial charge in [-0.25, -0.2) is 14.8 Å². The number of aryl methyl sites for hydroxylation is 2. The average Bonchev–Trinajstić information content (AvgIpc) is 3.04. The van der Waals surface area contributed by atoms with Crippen LogP contribution in [0.2, 0.25) is 0 Å². The number of rotatable bonds is 6. The molecule has 2 aromatic rings. The van der Waals surface area contributed by atoms with Crippen LogP contribution >= 0.6 is 11.8 Å². The number of carbonyl (C=O) groups is 2. The summed E-state index contributed by atoms with van der Waals surface area (Å²) in [5, 5.41) is 12.6. The number of thioether (sulfide) groups is 1. The lowest BCUT2D eigenvalue weighted by Crippen LogP contribution is -2.34. The number of nitrogens with zero attached hydrogens (tertiary/aromatic N) is 2. The lowest BCUT2D eigenvalue weighted by Gasteiger charge is -2.15. The predicted octanol–water partition coefficient (Wildman–Crippen LogP) is 2.06. The fourth-order valence-corrected chi connectivity index (χ4v) is 3.53. The largest absolute Gasteiger partial charge is 0.493 e. The minimum atomic E-state index is -1.11. The summed E-state index contributed by atoms with van der Waals surface area (Å²) in [6, 6.07) is 5.94. The number of hydrogen-bond acceptors (Lipinski definition) is 6. The number of aromatic nitrogens is 2. The van der Waals surface area contributed by atoms with Crippen LogP contribution in [-0.2, 0) is 16.0 Å². The third-order valence-electron chi connectivity index (χ3n) is 3.89. The van der Waals surface area contributed by atoms with Crippen molar-refractivity contribution in [3.63, 3.8) is 0 Å². The monoisotopic (exact) mass is 373 g/mol. The molecule has 0 saturated carbocycles. The minimum absolute atomic E-state index is 0.0424. The van der Waals surface area contributed by atoms with Crippen molar-refractivity contribution in [3.05, 3.63) is 46.8 Å². The van der Waals surface area contributed by atoms with Crippen LogP contribution in [0.15, 0.2) is 29.4 Å². The third kappa shape index (κ3) is 4.32. The van der Waals surface area contributed by atoms with Crippen molar-refractivity contribution in [3.8, 4) is 5.75 Å². The number of hydrogen-bond donors (Lipinski definition) is 2. The van der Waals surface area contributed by atoms with E-state index in [4.69, 9.17) is 4.74 Å². The molecule has 8 heteroatoms. The Hall–Kier alpha value is -2.61. The third-order valence-corrected chi connectivity index (χ3v) is 4.74. The van der Waals surface area contributed by atoms with E-state index in [2.05, 4.69) is 15.3 Å². The predicted molar refractivity (Wildman–Crippen MR) is 96.4 cm³/mol. The first-order chi connectivity index (χ1) is 12.4. The second kappa shape index (κ2) is 7.74. The molecule has 26 heavy (non-hydrogen) atoms. The molecular weight excluding hydrogens is 354 g/mol. The van der Waals surface area contributed by atoms with Gasteiger partial charge in [0.05, 0.1) is 12.4 Å². The van der Waals surface area contributed by atoms with Crippen molar-refractivity contribution in [2.45, 2.75) is 31.5 Å². The van der Waals surface area contributed by atoms with Gasteiger partial charge in [0.25, 0.3) is 0 Å². The number of aliphatic carboxylic acids is 1. The maximum Gasteiger partial charge on any atom is 0.330 e. The zero-order chi connectivity index (χ0) is 18.7. The minimum Gasteiger partial charge on any atom is -0.493 e. The zero-order valence-corrected chi connectivity index (χ0v) is 15.3. The van der Waals surface area contributed by atoms with Crippen LogP contribution in [-0.4, -0.2) is 39.3 Å². The average molecular weight is 373 g/mol. The summed E-state index contributed by atoms with van der Waals surface area (Å²) in [4.78, 5) is 32.4. The lowest BCUT2D eigenvalue weighted by molar-refractivity contribution is -0.141. The molecule has 1 unspecified atom stereocenters. The van der Waals surface area contributed by atoms with Crippen LogP contribution < -0.4 is 10.1 Å². The molecule has 136 valence electrons. The summed E-state index contributed by atoms with van der Waals surface area (Å²) in [6.45, 7) is 4.31. The van der Waals surface area contributed by atoms with Crippen molar-refractivity contribution in [2.75, 3.05) is 12.4 Å². The molecule has 1 aromatic carbocycles. The molecule has 1 aromatic heterocycles. The normalized spacial score (nSPS) is 13.6. The highest BCUT2D eigenvalue weighted by Gasteiger charge is 2.24. The standard InChI is InChI=1S/C18H19N3O4S/c1-10-7-11(2)20-18(19-10)26-9-15(22)21-16(17(23)24)13-3-4-14-12(8-13)5-6-25-14/h3-4,7-8,16H,5-6,9H2,1-2H3,(H,21,22)(H,23,24). The van der Waals surface area contributed by atoms with E-state index < -0.39 is 12.0 Å². The number of amides is 1. The van der Waals surface area contributed by atoms with Gasteiger partial charge in [0, 0.05) is 17.8 Å². The van der Waals surface area contributed by atoms with E-state index in [0.29, 0.717) is 17.3 Å². The van der Waals surface area contributed by atoms with Crippen LogP contribution in [0.25, 0.3) is 0 Å². The Morgan fingerprint density at radius 1 is 1.27 bits per heavy atom. The maximum atomic E-state index is 12.2. The smallest absolute Gasteiger partial charge is 0.330 e. The van der Waals surface area contributed by atoms with Crippen molar-refractivity contribution >= 4 is 23.6 Å². The molecule has 0 aliphatic carbocycles. The van der Waals surface area contributed by atoms with E-state index in [1.165, 1.54) is 11.8 Å². The Kier molecular flexibility index (Phi) is 5.41. The Bertz CT molecular complexity index is 836. The van der Waals surface area contributed by atoms with Crippen LogP contribution in [0, 0.1) is 13.8 Å². The fraction of sp³-hybridized carbons (Fsp3) is 0.333. The van der Waals surface area contributed by atoms with Crippen molar-refractivity contribution in [1.29, 1.82) is 0 Å². The van der Waals surface area contributed by atoms with Gasteiger partial charge >= 0.3 is 5.97 Å². The van der Waals surface area contributed by atoms with Crippen molar-refractivity contribution in [1.82, 2.24) is 15.3 Å². The Morgan fingerprint density at radius 2 is 2.00 bits per heavy atom. The molecule has 0 spiro atoms. The second-order valence-corrected chi connectivity index (χ2v) is 6.97. The Morgan fingerprint density at radius 3 is 2.69 bits per heavy atom. The van der Waals surface area contributed by atoms with Gasteiger partial charge in [-0.3, -0.25) is 4.79 Å². The molecule has 3 rings (SSSR count). The molecule has 2 N–H and O–H groups in total. The molecule has 1 amide bonds. The van der Waals surface area contributed by atoms with Gasteiger partial charge in [-0.05, 0) is 43.2 Å². The molecule has 7 nitrogen and oxygen atoms in total. The SMILES string of the molecule is Cc1cc(C)nc(SCC(=O)NC(C(=O)O)c2ccc3c(c2)CCO3)n1. The summed E-state index contributed by atoms with van der Waals surface area (Å²) < 4.78 is 5.43. The van der Waals surface area contributed by atoms with E-state index in [9.17, 15) is 14.7 Å². The molecule has 1 atom stereocenters. The summed E-state index contributed by atoms with van der Waals surface area (Å²) in [6.07, 6.45) is 0.739. The second-order valence-electron chi connectivity index (χ2n) is 6.03. The fourth-order valence-electron chi connectivity index (χ4n) is 2.76. The summed E-state index contributed by atoms with van der Waals surface area (Å²) in [5.41, 5.74) is 3.14. The number of nitrogens with one attached hydrogen (secondary N) is 1. The Balaban J connectivity index is 1.66. The highest BCUT2D eigenvalue weighted by molar-refractivity contribution is 7.99. The zero-order valence-electron chi connectivity index (χ0n) is 14.5. The lowest BCUT2D eigenvalue weighted by atomic mass is 10.0. The van der Waals surface area contributed by atoms with Gasteiger partial charge in [0.2, 0.25) is 5.91 Å². The van der Waals surface area contributed by atoms with E-state index >= 15 is 0 Å². The van der Waals surface area contributed by atoms with Crippen LogP contribution in [0.3, 0.4) is 0 Å². The molecule has 0 radical (unpaired) electrons. The molecule has 2 heterocycles. The van der Waals surface area contributed by atoms with E-state index in [1.54, 1.807) is 18.2 Å². The molecule has 1 aliphatic heterocycles. The van der Waals surface area contributed by atoms with Crippen molar-refractivity contribution < 1.29 is 19.4 Å². The molecule has 1 aliphatic rings. The number of benzene rings is 1. The van der Waals surface area contributed by atoms with Gasteiger partial charge in [-0.1, -0.05) is 17.8 Å². The summed E-state index contributed by atoms with van der Waals surface area (Å²) >= 11 is 1.18. The number of carboxylic acid groups (broad SMARTS) is 1. The van der Waals surface area contributed by atoms with Crippen molar-refractivity contribution in [2.24, 2.45) is 0 Å². The first-order valence-electron chi connectivity index (χ1n) is 8.15. The van der Waals surface area contributed by atoms with Crippen LogP contribution in [0.1, 0.15) is 28.6 Å². The van der Waals surface area contributed by atoms with Gasteiger partial charge in [-0.15, -0.1) is 0 Å². The first-order valence-corrected chi connectivity index (χ1v) is 9.14. The molecule has 0 saturated heterocycles. The van der Waals surface area contributed by atoms with Gasteiger partial charge in [-0.2, -0.15) is 0 Å².